The molecule has 88 valence electrons. The van der Waals surface area contributed by atoms with E-state index in [1.165, 1.54) is 0 Å². The van der Waals surface area contributed by atoms with Gasteiger partial charge in [0.1, 0.15) is 17.6 Å². The van der Waals surface area contributed by atoms with Crippen molar-refractivity contribution in [3.05, 3.63) is 24.3 Å². The van der Waals surface area contributed by atoms with Crippen molar-refractivity contribution in [2.24, 2.45) is 0 Å². The van der Waals surface area contributed by atoms with Crippen LogP contribution >= 0.6 is 0 Å². The molecule has 0 heterocycles. The Hall–Kier alpha value is -1.71. The highest BCUT2D eigenvalue weighted by atomic mass is 16.5. The van der Waals surface area contributed by atoms with Gasteiger partial charge in [0.25, 0.3) is 0 Å². The van der Waals surface area contributed by atoms with Crippen molar-refractivity contribution in [3.8, 4) is 11.5 Å². The maximum absolute atomic E-state index is 10.8. The number of carbonyl (C=O) groups is 1. The second-order valence-electron chi connectivity index (χ2n) is 3.39. The van der Waals surface area contributed by atoms with Crippen molar-refractivity contribution < 1.29 is 19.4 Å². The van der Waals surface area contributed by atoms with E-state index in [1.54, 1.807) is 31.4 Å². The summed E-state index contributed by atoms with van der Waals surface area (Å²) in [6.07, 6.45) is 0.279. The van der Waals surface area contributed by atoms with Crippen LogP contribution in [0.25, 0.3) is 0 Å². The van der Waals surface area contributed by atoms with Gasteiger partial charge in [-0.1, -0.05) is 13.3 Å². The minimum absolute atomic E-state index is 0.439. The first-order valence-electron chi connectivity index (χ1n) is 5.19. The summed E-state index contributed by atoms with van der Waals surface area (Å²) in [5, 5.41) is 10.8. The van der Waals surface area contributed by atoms with Crippen LogP contribution in [0.1, 0.15) is 19.8 Å². The van der Waals surface area contributed by atoms with Crippen LogP contribution in [0.5, 0.6) is 11.5 Å². The molecule has 0 spiro atoms. The molecule has 4 heteroatoms. The fourth-order valence-corrected chi connectivity index (χ4v) is 1.31. The molecule has 0 saturated carbocycles. The van der Waals surface area contributed by atoms with E-state index in [0.29, 0.717) is 17.9 Å². The smallest absolute Gasteiger partial charge is 0.138 e. The summed E-state index contributed by atoms with van der Waals surface area (Å²) in [5.74, 6) is 0.0222. The summed E-state index contributed by atoms with van der Waals surface area (Å²) < 4.78 is 10.3. The van der Waals surface area contributed by atoms with Crippen LogP contribution in [-0.4, -0.2) is 19.2 Å². The second-order valence-corrected chi connectivity index (χ2v) is 3.39. The zero-order chi connectivity index (χ0) is 12.0. The highest BCUT2D eigenvalue weighted by Gasteiger charge is 2.10. The van der Waals surface area contributed by atoms with Gasteiger partial charge in [-0.05, 0) is 30.7 Å². The van der Waals surface area contributed by atoms with Gasteiger partial charge in [-0.2, -0.15) is 0 Å². The minimum Gasteiger partial charge on any atom is -0.546 e. The van der Waals surface area contributed by atoms with Crippen molar-refractivity contribution in [2.75, 3.05) is 7.11 Å². The normalized spacial score (nSPS) is 11.9. The first kappa shape index (κ1) is 12.4. The summed E-state index contributed by atoms with van der Waals surface area (Å²) in [7, 11) is 1.57. The largest absolute Gasteiger partial charge is 0.546 e. The molecule has 0 fully saturated rings. The number of rotatable bonds is 6. The Bertz CT molecular complexity index is 331. The van der Waals surface area contributed by atoms with Gasteiger partial charge in [-0.15, -0.1) is 0 Å². The molecule has 0 aliphatic carbocycles. The third-order valence-corrected chi connectivity index (χ3v) is 2.15. The van der Waals surface area contributed by atoms with Crippen LogP contribution in [0.4, 0.5) is 0 Å². The van der Waals surface area contributed by atoms with Gasteiger partial charge in [0.15, 0.2) is 0 Å². The molecule has 4 nitrogen and oxygen atoms in total. The van der Waals surface area contributed by atoms with E-state index in [9.17, 15) is 9.90 Å². The molecular weight excluding hydrogens is 208 g/mol. The van der Waals surface area contributed by atoms with E-state index >= 15 is 0 Å². The summed E-state index contributed by atoms with van der Waals surface area (Å²) >= 11 is 0. The zero-order valence-corrected chi connectivity index (χ0v) is 9.43. The molecule has 0 N–H and O–H groups in total. The van der Waals surface area contributed by atoms with E-state index in [-0.39, 0.29) is 0 Å². The molecule has 0 bridgehead atoms. The van der Waals surface area contributed by atoms with Crippen LogP contribution in [0, 0.1) is 0 Å². The van der Waals surface area contributed by atoms with Crippen molar-refractivity contribution >= 4 is 5.97 Å². The number of hydrogen-bond acceptors (Lipinski definition) is 4. The predicted molar refractivity (Wildman–Crippen MR) is 57.3 cm³/mol. The molecule has 0 aromatic heterocycles. The lowest BCUT2D eigenvalue weighted by molar-refractivity contribution is -0.313. The Labute approximate surface area is 94.8 Å². The Morgan fingerprint density at radius 3 is 2.31 bits per heavy atom. The monoisotopic (exact) mass is 223 g/mol. The molecular formula is C12H15O4-. The van der Waals surface area contributed by atoms with E-state index in [2.05, 4.69) is 0 Å². The van der Waals surface area contributed by atoms with Gasteiger partial charge in [0.05, 0.1) is 13.1 Å². The molecule has 0 saturated heterocycles. The van der Waals surface area contributed by atoms with Gasteiger partial charge in [-0.3, -0.25) is 0 Å². The first-order chi connectivity index (χ1) is 7.67. The summed E-state index contributed by atoms with van der Waals surface area (Å²) in [5.41, 5.74) is 0. The van der Waals surface area contributed by atoms with E-state index in [0.717, 1.165) is 6.42 Å². The summed E-state index contributed by atoms with van der Waals surface area (Å²) in [6, 6.07) is 6.77. The van der Waals surface area contributed by atoms with Gasteiger partial charge in [-0.25, -0.2) is 0 Å². The Kier molecular flexibility index (Phi) is 4.64. The van der Waals surface area contributed by atoms with Crippen molar-refractivity contribution in [1.29, 1.82) is 0 Å². The molecule has 0 aliphatic rings. The van der Waals surface area contributed by atoms with Crippen LogP contribution in [0.2, 0.25) is 0 Å². The highest BCUT2D eigenvalue weighted by molar-refractivity contribution is 5.70. The lowest BCUT2D eigenvalue weighted by Crippen LogP contribution is -2.39. The van der Waals surface area contributed by atoms with Crippen molar-refractivity contribution in [1.82, 2.24) is 0 Å². The van der Waals surface area contributed by atoms with Crippen molar-refractivity contribution in [3.63, 3.8) is 0 Å². The number of aliphatic carboxylic acids is 1. The zero-order valence-electron chi connectivity index (χ0n) is 9.43. The van der Waals surface area contributed by atoms with Crippen LogP contribution in [0.3, 0.4) is 0 Å². The van der Waals surface area contributed by atoms with Crippen molar-refractivity contribution in [2.45, 2.75) is 25.9 Å². The quantitative estimate of drug-likeness (QED) is 0.721. The first-order valence-corrected chi connectivity index (χ1v) is 5.19. The van der Waals surface area contributed by atoms with Crippen LogP contribution in [-0.2, 0) is 4.79 Å². The summed E-state index contributed by atoms with van der Waals surface area (Å²) in [6.45, 7) is 1.90. The van der Waals surface area contributed by atoms with Gasteiger partial charge in [0.2, 0.25) is 0 Å². The molecule has 1 atom stereocenters. The molecule has 1 unspecified atom stereocenters. The molecule has 1 aromatic rings. The number of methoxy groups -OCH3 is 1. The highest BCUT2D eigenvalue weighted by Crippen LogP contribution is 2.19. The maximum atomic E-state index is 10.8. The molecule has 0 aliphatic heterocycles. The fourth-order valence-electron chi connectivity index (χ4n) is 1.31. The third kappa shape index (κ3) is 3.46. The van der Waals surface area contributed by atoms with E-state index < -0.39 is 12.1 Å². The Morgan fingerprint density at radius 1 is 1.31 bits per heavy atom. The molecule has 1 aromatic carbocycles. The molecule has 0 amide bonds. The van der Waals surface area contributed by atoms with Crippen LogP contribution in [0.15, 0.2) is 24.3 Å². The Balaban J connectivity index is 2.65. The minimum atomic E-state index is -1.18. The van der Waals surface area contributed by atoms with Gasteiger partial charge in [0, 0.05) is 0 Å². The SMILES string of the molecule is CCCC(Oc1ccc(OC)cc1)C(=O)[O-]. The number of carbonyl (C=O) groups excluding carboxylic acids is 1. The average Bonchev–Trinajstić information content (AvgIpc) is 2.29. The average molecular weight is 223 g/mol. The van der Waals surface area contributed by atoms with E-state index in [1.807, 2.05) is 6.92 Å². The summed E-state index contributed by atoms with van der Waals surface area (Å²) in [4.78, 5) is 10.8. The number of ether oxygens (including phenoxy) is 2. The fraction of sp³-hybridized carbons (Fsp3) is 0.417. The number of carboxylic acids is 1. The molecule has 16 heavy (non-hydrogen) atoms. The lowest BCUT2D eigenvalue weighted by atomic mass is 10.2. The number of carboxylic acid groups (broad SMARTS) is 1. The van der Waals surface area contributed by atoms with E-state index in [4.69, 9.17) is 9.47 Å². The second kappa shape index (κ2) is 6.00. The predicted octanol–water partition coefficient (Wildman–Crippen LogP) is 0.993. The van der Waals surface area contributed by atoms with Crippen LogP contribution < -0.4 is 14.6 Å². The third-order valence-electron chi connectivity index (χ3n) is 2.15. The topological polar surface area (TPSA) is 58.6 Å². The lowest BCUT2D eigenvalue weighted by Gasteiger charge is -2.19. The standard InChI is InChI=1S/C12H16O4/c1-3-4-11(12(13)14)16-10-7-5-9(15-2)6-8-10/h5-8,11H,3-4H2,1-2H3,(H,13,14)/p-1. The van der Waals surface area contributed by atoms with Gasteiger partial charge < -0.3 is 19.4 Å². The Morgan fingerprint density at radius 2 is 1.88 bits per heavy atom. The molecule has 1 rings (SSSR count). The maximum Gasteiger partial charge on any atom is 0.138 e. The van der Waals surface area contributed by atoms with Gasteiger partial charge >= 0.3 is 0 Å². The number of benzene rings is 1. The molecule has 0 radical (unpaired) electrons. The number of hydrogen-bond donors (Lipinski definition) is 0.